The predicted octanol–water partition coefficient (Wildman–Crippen LogP) is 2.99. The SMILES string of the molecule is CC(N(NCc1nccs1)c1ncccn1)C(Nc1csnn1)(c1ncccn1)c1nccs1. The van der Waals surface area contributed by atoms with Crippen LogP contribution in [0.3, 0.4) is 0 Å². The molecule has 0 saturated heterocycles. The molecule has 34 heavy (non-hydrogen) atoms. The summed E-state index contributed by atoms with van der Waals surface area (Å²) in [5, 5.41) is 17.1. The number of nitrogens with zero attached hydrogens (tertiary/aromatic N) is 9. The Balaban J connectivity index is 1.64. The zero-order valence-electron chi connectivity index (χ0n) is 17.9. The Labute approximate surface area is 207 Å². The minimum Gasteiger partial charge on any atom is -0.348 e. The number of anilines is 2. The van der Waals surface area contributed by atoms with Gasteiger partial charge in [0.05, 0.1) is 18.0 Å². The van der Waals surface area contributed by atoms with Crippen molar-refractivity contribution in [1.29, 1.82) is 0 Å². The molecule has 0 aliphatic heterocycles. The number of thiazole rings is 2. The van der Waals surface area contributed by atoms with Crippen molar-refractivity contribution in [3.8, 4) is 0 Å². The van der Waals surface area contributed by atoms with Gasteiger partial charge in [0.25, 0.3) is 0 Å². The molecule has 11 nitrogen and oxygen atoms in total. The van der Waals surface area contributed by atoms with E-state index in [0.717, 1.165) is 10.0 Å². The maximum atomic E-state index is 4.68. The highest BCUT2D eigenvalue weighted by Gasteiger charge is 2.49. The van der Waals surface area contributed by atoms with Crippen molar-refractivity contribution in [2.45, 2.75) is 25.0 Å². The van der Waals surface area contributed by atoms with E-state index >= 15 is 0 Å². The Morgan fingerprint density at radius 3 is 2.29 bits per heavy atom. The van der Waals surface area contributed by atoms with Gasteiger partial charge >= 0.3 is 0 Å². The van der Waals surface area contributed by atoms with E-state index < -0.39 is 5.54 Å². The second-order valence-electron chi connectivity index (χ2n) is 6.99. The standard InChI is InChI=1S/C20H19N11S3/c1-14(31(19-25-6-3-7-26-19)27-12-16-21-8-10-32-16)20(18-24-9-11-33-18,17-22-4-2-5-23-17)28-15-13-34-30-29-15/h2-11,13-14,27-28H,12H2,1H3. The van der Waals surface area contributed by atoms with Crippen LogP contribution in [0.5, 0.6) is 0 Å². The highest BCUT2D eigenvalue weighted by atomic mass is 32.1. The summed E-state index contributed by atoms with van der Waals surface area (Å²) in [4.78, 5) is 27.4. The number of rotatable bonds is 10. The van der Waals surface area contributed by atoms with Crippen molar-refractivity contribution < 1.29 is 0 Å². The molecule has 0 fully saturated rings. The predicted molar refractivity (Wildman–Crippen MR) is 131 cm³/mol. The molecule has 172 valence electrons. The van der Waals surface area contributed by atoms with Crippen LogP contribution in [0.4, 0.5) is 11.8 Å². The van der Waals surface area contributed by atoms with E-state index in [1.54, 1.807) is 60.7 Å². The number of nitrogens with one attached hydrogen (secondary N) is 2. The Bertz CT molecular complexity index is 1250. The minimum absolute atomic E-state index is 0.384. The molecular weight excluding hydrogens is 490 g/mol. The third kappa shape index (κ3) is 4.48. The molecular formula is C20H19N11S3. The quantitative estimate of drug-likeness (QED) is 0.269. The molecule has 0 bridgehead atoms. The first-order chi connectivity index (χ1) is 16.8. The normalized spacial score (nSPS) is 13.8. The molecule has 0 amide bonds. The van der Waals surface area contributed by atoms with Gasteiger partial charge in [-0.1, -0.05) is 4.49 Å². The summed E-state index contributed by atoms with van der Waals surface area (Å²) >= 11 is 4.32. The van der Waals surface area contributed by atoms with Crippen LogP contribution >= 0.6 is 34.2 Å². The summed E-state index contributed by atoms with van der Waals surface area (Å²) < 4.78 is 4.02. The van der Waals surface area contributed by atoms with E-state index in [4.69, 9.17) is 0 Å². The number of hydrogen-bond donors (Lipinski definition) is 2. The summed E-state index contributed by atoms with van der Waals surface area (Å²) in [6.45, 7) is 2.53. The van der Waals surface area contributed by atoms with Gasteiger partial charge in [0.2, 0.25) is 5.95 Å². The minimum atomic E-state index is -1.01. The Morgan fingerprint density at radius 1 is 0.912 bits per heavy atom. The van der Waals surface area contributed by atoms with Gasteiger partial charge in [-0.15, -0.1) is 27.8 Å². The fourth-order valence-corrected chi connectivity index (χ4v) is 5.31. The lowest BCUT2D eigenvalue weighted by atomic mass is 9.89. The van der Waals surface area contributed by atoms with Gasteiger partial charge in [0, 0.05) is 47.9 Å². The van der Waals surface area contributed by atoms with Crippen LogP contribution < -0.4 is 15.8 Å². The lowest BCUT2D eigenvalue weighted by Gasteiger charge is -2.42. The summed E-state index contributed by atoms with van der Waals surface area (Å²) in [5.74, 6) is 1.61. The molecule has 0 aliphatic carbocycles. The lowest BCUT2D eigenvalue weighted by molar-refractivity contribution is 0.385. The van der Waals surface area contributed by atoms with Gasteiger partial charge < -0.3 is 5.32 Å². The molecule has 0 aliphatic rings. The Kier molecular flexibility index (Phi) is 6.71. The molecule has 2 atom stereocenters. The fourth-order valence-electron chi connectivity index (χ4n) is 3.50. The van der Waals surface area contributed by atoms with E-state index in [2.05, 4.69) is 50.2 Å². The van der Waals surface area contributed by atoms with E-state index in [1.165, 1.54) is 22.9 Å². The molecule has 0 spiro atoms. The molecule has 2 unspecified atom stereocenters. The molecule has 0 radical (unpaired) electrons. The molecule has 5 rings (SSSR count). The summed E-state index contributed by atoms with van der Waals surface area (Å²) in [6, 6.07) is 3.18. The van der Waals surface area contributed by atoms with Crippen LogP contribution in [0.25, 0.3) is 0 Å². The maximum Gasteiger partial charge on any atom is 0.240 e. The molecule has 0 saturated carbocycles. The van der Waals surface area contributed by atoms with Crippen LogP contribution in [0.2, 0.25) is 0 Å². The monoisotopic (exact) mass is 509 g/mol. The van der Waals surface area contributed by atoms with Crippen LogP contribution in [0, 0.1) is 0 Å². The number of aromatic nitrogens is 8. The largest absolute Gasteiger partial charge is 0.348 e. The average molecular weight is 510 g/mol. The third-order valence-electron chi connectivity index (χ3n) is 5.04. The van der Waals surface area contributed by atoms with Gasteiger partial charge in [0.1, 0.15) is 10.0 Å². The average Bonchev–Trinajstić information content (AvgIpc) is 3.68. The van der Waals surface area contributed by atoms with Crippen LogP contribution in [-0.2, 0) is 12.1 Å². The van der Waals surface area contributed by atoms with Crippen molar-refractivity contribution in [3.63, 3.8) is 0 Å². The van der Waals surface area contributed by atoms with Gasteiger partial charge in [0.15, 0.2) is 17.2 Å². The molecule has 5 aromatic rings. The molecule has 2 N–H and O–H groups in total. The van der Waals surface area contributed by atoms with E-state index in [9.17, 15) is 0 Å². The lowest BCUT2D eigenvalue weighted by Crippen LogP contribution is -2.59. The number of hydrogen-bond acceptors (Lipinski definition) is 14. The van der Waals surface area contributed by atoms with Gasteiger partial charge in [-0.05, 0) is 30.6 Å². The van der Waals surface area contributed by atoms with Gasteiger partial charge in [-0.3, -0.25) is 5.01 Å². The first kappa shape index (κ1) is 22.3. The van der Waals surface area contributed by atoms with Crippen molar-refractivity contribution in [2.24, 2.45) is 0 Å². The van der Waals surface area contributed by atoms with Gasteiger partial charge in [-0.25, -0.2) is 35.3 Å². The van der Waals surface area contributed by atoms with Crippen LogP contribution in [-0.4, -0.2) is 45.5 Å². The molecule has 0 aromatic carbocycles. The molecule has 5 heterocycles. The van der Waals surface area contributed by atoms with E-state index in [-0.39, 0.29) is 6.04 Å². The second kappa shape index (κ2) is 10.2. The van der Waals surface area contributed by atoms with Crippen molar-refractivity contribution >= 4 is 46.0 Å². The first-order valence-corrected chi connectivity index (χ1v) is 12.8. The van der Waals surface area contributed by atoms with Crippen molar-refractivity contribution in [1.82, 2.24) is 44.9 Å². The highest BCUT2D eigenvalue weighted by Crippen LogP contribution is 2.38. The zero-order valence-corrected chi connectivity index (χ0v) is 20.3. The summed E-state index contributed by atoms with van der Waals surface area (Å²) in [7, 11) is 0. The smallest absolute Gasteiger partial charge is 0.240 e. The highest BCUT2D eigenvalue weighted by molar-refractivity contribution is 7.10. The fraction of sp³-hybridized carbons (Fsp3) is 0.200. The van der Waals surface area contributed by atoms with Crippen molar-refractivity contribution in [2.75, 3.05) is 10.3 Å². The third-order valence-corrected chi connectivity index (χ3v) is 7.23. The molecule has 14 heteroatoms. The van der Waals surface area contributed by atoms with E-state index in [0.29, 0.717) is 24.1 Å². The Hall–Kier alpha value is -3.46. The summed E-state index contributed by atoms with van der Waals surface area (Å²) in [6.07, 6.45) is 10.4. The maximum absolute atomic E-state index is 4.68. The molecule has 5 aromatic heterocycles. The second-order valence-corrected chi connectivity index (χ2v) is 9.47. The zero-order chi connectivity index (χ0) is 23.2. The van der Waals surface area contributed by atoms with Crippen molar-refractivity contribution in [3.05, 3.63) is 81.3 Å². The van der Waals surface area contributed by atoms with E-state index in [1.807, 2.05) is 28.1 Å². The number of hydrazine groups is 1. The first-order valence-electron chi connectivity index (χ1n) is 10.2. The Morgan fingerprint density at radius 2 is 1.65 bits per heavy atom. The summed E-state index contributed by atoms with van der Waals surface area (Å²) in [5.41, 5.74) is 2.45. The van der Waals surface area contributed by atoms with Crippen LogP contribution in [0.15, 0.2) is 65.5 Å². The van der Waals surface area contributed by atoms with Crippen LogP contribution in [0.1, 0.15) is 22.8 Å². The topological polar surface area (TPSA) is 130 Å². The van der Waals surface area contributed by atoms with Gasteiger partial charge in [-0.2, -0.15) is 0 Å².